The number of aryl methyl sites for hydroxylation is 1. The Morgan fingerprint density at radius 2 is 2.09 bits per heavy atom. The first-order valence-electron chi connectivity index (χ1n) is 8.16. The molecule has 6 nitrogen and oxygen atoms in total. The van der Waals surface area contributed by atoms with Crippen LogP contribution in [0, 0.1) is 17.0 Å². The van der Waals surface area contributed by atoms with E-state index in [0.717, 1.165) is 29.9 Å². The number of anilines is 1. The number of aromatic nitrogens is 1. The van der Waals surface area contributed by atoms with Crippen molar-refractivity contribution in [1.29, 1.82) is 0 Å². The topological polar surface area (TPSA) is 71.3 Å². The second-order valence-electron chi connectivity index (χ2n) is 6.07. The summed E-state index contributed by atoms with van der Waals surface area (Å²) in [6.07, 6.45) is 3.90. The number of hydrogen-bond acceptors (Lipinski definition) is 5. The molecular formula is C17H22N4O2. The van der Waals surface area contributed by atoms with Gasteiger partial charge < -0.3 is 10.2 Å². The minimum absolute atomic E-state index is 0.0604. The van der Waals surface area contributed by atoms with Crippen LogP contribution >= 0.6 is 0 Å². The van der Waals surface area contributed by atoms with E-state index in [1.165, 1.54) is 38.4 Å². The Labute approximate surface area is 135 Å². The zero-order valence-electron chi connectivity index (χ0n) is 13.4. The highest BCUT2D eigenvalue weighted by atomic mass is 16.6. The molecule has 0 bridgehead atoms. The number of piperidine rings is 1. The molecular weight excluding hydrogens is 292 g/mol. The summed E-state index contributed by atoms with van der Waals surface area (Å²) in [4.78, 5) is 17.7. The fourth-order valence-corrected chi connectivity index (χ4v) is 3.19. The first-order chi connectivity index (χ1) is 11.1. The third-order valence-electron chi connectivity index (χ3n) is 4.34. The molecule has 1 saturated heterocycles. The van der Waals surface area contributed by atoms with Crippen molar-refractivity contribution >= 4 is 22.3 Å². The molecule has 122 valence electrons. The van der Waals surface area contributed by atoms with Crippen LogP contribution in [0.5, 0.6) is 0 Å². The van der Waals surface area contributed by atoms with Crippen molar-refractivity contribution in [2.75, 3.05) is 31.5 Å². The van der Waals surface area contributed by atoms with E-state index in [1.54, 1.807) is 6.07 Å². The van der Waals surface area contributed by atoms with Gasteiger partial charge in [-0.25, -0.2) is 4.98 Å². The van der Waals surface area contributed by atoms with Gasteiger partial charge >= 0.3 is 0 Å². The van der Waals surface area contributed by atoms with Gasteiger partial charge in [0.05, 0.1) is 4.92 Å². The lowest BCUT2D eigenvalue weighted by atomic mass is 10.1. The Balaban J connectivity index is 1.79. The second-order valence-corrected chi connectivity index (χ2v) is 6.07. The molecule has 1 aromatic carbocycles. The summed E-state index contributed by atoms with van der Waals surface area (Å²) >= 11 is 0. The number of nitrogens with one attached hydrogen (secondary N) is 1. The number of nitro benzene ring substituents is 1. The number of benzene rings is 1. The molecule has 0 spiro atoms. The lowest BCUT2D eigenvalue weighted by Crippen LogP contribution is -2.33. The lowest BCUT2D eigenvalue weighted by molar-refractivity contribution is -0.383. The Hall–Kier alpha value is -2.21. The van der Waals surface area contributed by atoms with Crippen molar-refractivity contribution in [3.05, 3.63) is 40.1 Å². The van der Waals surface area contributed by atoms with E-state index < -0.39 is 0 Å². The molecule has 0 saturated carbocycles. The number of nitrogens with zero attached hydrogens (tertiary/aromatic N) is 3. The average molecular weight is 314 g/mol. The number of pyridine rings is 1. The maximum Gasteiger partial charge on any atom is 0.295 e. The fourth-order valence-electron chi connectivity index (χ4n) is 3.19. The first-order valence-corrected chi connectivity index (χ1v) is 8.16. The Bertz CT molecular complexity index is 711. The monoisotopic (exact) mass is 314 g/mol. The molecule has 0 unspecified atom stereocenters. The molecule has 1 fully saturated rings. The SMILES string of the molecule is Cc1cc(NCCN2CCCCC2)c2cccc([N+](=O)[O-])c2n1. The van der Waals surface area contributed by atoms with E-state index in [4.69, 9.17) is 0 Å². The van der Waals surface area contributed by atoms with Gasteiger partial charge in [0.25, 0.3) is 5.69 Å². The largest absolute Gasteiger partial charge is 0.383 e. The Kier molecular flexibility index (Phi) is 4.71. The third kappa shape index (κ3) is 3.59. The maximum absolute atomic E-state index is 11.2. The molecule has 1 aromatic heterocycles. The predicted molar refractivity (Wildman–Crippen MR) is 91.9 cm³/mol. The molecule has 3 rings (SSSR count). The van der Waals surface area contributed by atoms with Gasteiger partial charge in [-0.1, -0.05) is 18.6 Å². The number of fused-ring (bicyclic) bond motifs is 1. The summed E-state index contributed by atoms with van der Waals surface area (Å²) in [5.74, 6) is 0. The molecule has 2 heterocycles. The molecule has 6 heteroatoms. The zero-order valence-corrected chi connectivity index (χ0v) is 13.4. The molecule has 1 N–H and O–H groups in total. The summed E-state index contributed by atoms with van der Waals surface area (Å²) in [5.41, 5.74) is 2.23. The minimum Gasteiger partial charge on any atom is -0.383 e. The van der Waals surface area contributed by atoms with Crippen molar-refractivity contribution in [2.24, 2.45) is 0 Å². The van der Waals surface area contributed by atoms with Crippen molar-refractivity contribution < 1.29 is 4.92 Å². The van der Waals surface area contributed by atoms with Crippen LogP contribution in [0.4, 0.5) is 11.4 Å². The van der Waals surface area contributed by atoms with Crippen LogP contribution in [-0.2, 0) is 0 Å². The van der Waals surface area contributed by atoms with Crippen LogP contribution in [0.1, 0.15) is 25.0 Å². The van der Waals surface area contributed by atoms with E-state index in [2.05, 4.69) is 15.2 Å². The van der Waals surface area contributed by atoms with Gasteiger partial charge in [-0.3, -0.25) is 10.1 Å². The van der Waals surface area contributed by atoms with Crippen molar-refractivity contribution in [2.45, 2.75) is 26.2 Å². The highest BCUT2D eigenvalue weighted by molar-refractivity contribution is 5.96. The zero-order chi connectivity index (χ0) is 16.2. The predicted octanol–water partition coefficient (Wildman–Crippen LogP) is 3.35. The van der Waals surface area contributed by atoms with Crippen LogP contribution in [0.15, 0.2) is 24.3 Å². The van der Waals surface area contributed by atoms with Crippen LogP contribution in [0.25, 0.3) is 10.9 Å². The number of nitro groups is 1. The average Bonchev–Trinajstić information content (AvgIpc) is 2.55. The summed E-state index contributed by atoms with van der Waals surface area (Å²) in [6.45, 7) is 6.04. The standard InChI is InChI=1S/C17H22N4O2/c1-13-12-15(18-8-11-20-9-3-2-4-10-20)14-6-5-7-16(21(22)23)17(14)19-13/h5-7,12H,2-4,8-11H2,1H3,(H,18,19). The van der Waals surface area contributed by atoms with Gasteiger partial charge in [0.15, 0.2) is 5.52 Å². The number of para-hydroxylation sites is 1. The Morgan fingerprint density at radius 1 is 1.30 bits per heavy atom. The normalized spacial score (nSPS) is 15.7. The quantitative estimate of drug-likeness (QED) is 0.677. The molecule has 0 atom stereocenters. The molecule has 0 aliphatic carbocycles. The van der Waals surface area contributed by atoms with Gasteiger partial charge in [0.1, 0.15) is 0 Å². The molecule has 23 heavy (non-hydrogen) atoms. The molecule has 2 aromatic rings. The third-order valence-corrected chi connectivity index (χ3v) is 4.34. The van der Waals surface area contributed by atoms with E-state index in [-0.39, 0.29) is 10.6 Å². The minimum atomic E-state index is -0.369. The highest BCUT2D eigenvalue weighted by Crippen LogP contribution is 2.29. The van der Waals surface area contributed by atoms with Crippen LogP contribution in [-0.4, -0.2) is 41.0 Å². The number of non-ortho nitro benzene ring substituents is 1. The van der Waals surface area contributed by atoms with Gasteiger partial charge in [0, 0.05) is 35.9 Å². The molecule has 0 radical (unpaired) electrons. The van der Waals surface area contributed by atoms with E-state index >= 15 is 0 Å². The van der Waals surface area contributed by atoms with Crippen molar-refractivity contribution in [3.8, 4) is 0 Å². The van der Waals surface area contributed by atoms with E-state index in [1.807, 2.05) is 19.1 Å². The van der Waals surface area contributed by atoms with Crippen LogP contribution in [0.3, 0.4) is 0 Å². The van der Waals surface area contributed by atoms with Crippen molar-refractivity contribution in [1.82, 2.24) is 9.88 Å². The number of likely N-dealkylation sites (tertiary alicyclic amines) is 1. The second kappa shape index (κ2) is 6.91. The number of rotatable bonds is 5. The summed E-state index contributed by atoms with van der Waals surface area (Å²) in [7, 11) is 0. The van der Waals surface area contributed by atoms with Gasteiger partial charge in [-0.15, -0.1) is 0 Å². The molecule has 0 amide bonds. The maximum atomic E-state index is 11.2. The summed E-state index contributed by atoms with van der Waals surface area (Å²) < 4.78 is 0. The van der Waals surface area contributed by atoms with Gasteiger partial charge in [-0.2, -0.15) is 0 Å². The number of hydrogen-bond donors (Lipinski definition) is 1. The van der Waals surface area contributed by atoms with Crippen LogP contribution in [0.2, 0.25) is 0 Å². The van der Waals surface area contributed by atoms with Gasteiger partial charge in [0.2, 0.25) is 0 Å². The lowest BCUT2D eigenvalue weighted by Gasteiger charge is -2.26. The summed E-state index contributed by atoms with van der Waals surface area (Å²) in [5, 5.41) is 15.4. The molecule has 1 aliphatic heterocycles. The fraction of sp³-hybridized carbons (Fsp3) is 0.471. The van der Waals surface area contributed by atoms with Crippen LogP contribution < -0.4 is 5.32 Å². The molecule has 1 aliphatic rings. The van der Waals surface area contributed by atoms with Gasteiger partial charge in [-0.05, 0) is 38.9 Å². The van der Waals surface area contributed by atoms with E-state index in [9.17, 15) is 10.1 Å². The summed E-state index contributed by atoms with van der Waals surface area (Å²) in [6, 6.07) is 7.07. The Morgan fingerprint density at radius 3 is 2.83 bits per heavy atom. The smallest absolute Gasteiger partial charge is 0.295 e. The first kappa shape index (κ1) is 15.7. The highest BCUT2D eigenvalue weighted by Gasteiger charge is 2.16. The van der Waals surface area contributed by atoms with E-state index in [0.29, 0.717) is 5.52 Å². The van der Waals surface area contributed by atoms with Crippen molar-refractivity contribution in [3.63, 3.8) is 0 Å².